The molecule has 3 rings (SSSR count). The van der Waals surface area contributed by atoms with Crippen molar-refractivity contribution in [3.05, 3.63) is 75.6 Å². The van der Waals surface area contributed by atoms with Gasteiger partial charge in [0.05, 0.1) is 13.2 Å². The molecule has 0 saturated heterocycles. The standard InChI is InChI=1S/C27H28ClNO4S/c1-4-6-17-33-22-14-7-19(8-15-22)9-16-23(30)29-26-25(27(31)32-5-2)24(18(3)34-26)20-10-12-21(28)13-11-20/h7-16H,4-6,17H2,1-3H3,(H,29,30). The molecule has 1 heterocycles. The van der Waals surface area contributed by atoms with Crippen molar-refractivity contribution in [3.63, 3.8) is 0 Å². The molecule has 2 aromatic carbocycles. The lowest BCUT2D eigenvalue weighted by Crippen LogP contribution is -2.12. The van der Waals surface area contributed by atoms with Crippen LogP contribution in [-0.4, -0.2) is 25.1 Å². The summed E-state index contributed by atoms with van der Waals surface area (Å²) in [6.45, 7) is 6.70. The van der Waals surface area contributed by atoms with Gasteiger partial charge in [-0.2, -0.15) is 0 Å². The van der Waals surface area contributed by atoms with E-state index in [-0.39, 0.29) is 12.5 Å². The molecule has 3 aromatic rings. The Morgan fingerprint density at radius 1 is 1.06 bits per heavy atom. The van der Waals surface area contributed by atoms with Crippen LogP contribution in [0.2, 0.25) is 5.02 Å². The first-order valence-electron chi connectivity index (χ1n) is 11.2. The molecule has 0 aliphatic carbocycles. The van der Waals surface area contributed by atoms with E-state index in [1.165, 1.54) is 17.4 Å². The Balaban J connectivity index is 1.79. The Morgan fingerprint density at radius 3 is 2.41 bits per heavy atom. The number of esters is 1. The van der Waals surface area contributed by atoms with E-state index in [1.807, 2.05) is 43.3 Å². The van der Waals surface area contributed by atoms with E-state index < -0.39 is 5.97 Å². The van der Waals surface area contributed by atoms with Gasteiger partial charge in [0.2, 0.25) is 5.91 Å². The number of halogens is 1. The van der Waals surface area contributed by atoms with Crippen LogP contribution in [0.25, 0.3) is 17.2 Å². The van der Waals surface area contributed by atoms with Crippen molar-refractivity contribution in [1.29, 1.82) is 0 Å². The minimum absolute atomic E-state index is 0.235. The van der Waals surface area contributed by atoms with E-state index in [0.717, 1.165) is 40.2 Å². The van der Waals surface area contributed by atoms with Gasteiger partial charge in [-0.3, -0.25) is 4.79 Å². The largest absolute Gasteiger partial charge is 0.494 e. The highest BCUT2D eigenvalue weighted by molar-refractivity contribution is 7.17. The molecule has 0 unspecified atom stereocenters. The molecule has 1 amide bonds. The second-order valence-corrected chi connectivity index (χ2v) is 9.22. The number of nitrogens with one attached hydrogen (secondary N) is 1. The predicted octanol–water partition coefficient (Wildman–Crippen LogP) is 7.38. The molecule has 5 nitrogen and oxygen atoms in total. The van der Waals surface area contributed by atoms with Gasteiger partial charge in [-0.1, -0.05) is 49.2 Å². The average molecular weight is 498 g/mol. The zero-order valence-electron chi connectivity index (χ0n) is 19.5. The van der Waals surface area contributed by atoms with Crippen LogP contribution in [0.5, 0.6) is 5.75 Å². The number of ether oxygens (including phenoxy) is 2. The summed E-state index contributed by atoms with van der Waals surface area (Å²) in [6, 6.07) is 14.8. The maximum absolute atomic E-state index is 12.8. The van der Waals surface area contributed by atoms with Gasteiger partial charge >= 0.3 is 5.97 Å². The van der Waals surface area contributed by atoms with Crippen LogP contribution >= 0.6 is 22.9 Å². The van der Waals surface area contributed by atoms with Gasteiger partial charge < -0.3 is 14.8 Å². The first kappa shape index (κ1) is 25.5. The molecular formula is C27H28ClNO4S. The maximum Gasteiger partial charge on any atom is 0.341 e. The van der Waals surface area contributed by atoms with E-state index in [4.69, 9.17) is 21.1 Å². The van der Waals surface area contributed by atoms with E-state index in [2.05, 4.69) is 12.2 Å². The molecular weight excluding hydrogens is 470 g/mol. The molecule has 0 bridgehead atoms. The summed E-state index contributed by atoms with van der Waals surface area (Å²) in [6.07, 6.45) is 5.25. The summed E-state index contributed by atoms with van der Waals surface area (Å²) in [7, 11) is 0. The molecule has 0 saturated carbocycles. The van der Waals surface area contributed by atoms with Crippen molar-refractivity contribution < 1.29 is 19.1 Å². The second kappa shape index (κ2) is 12.4. The third-order valence-electron chi connectivity index (χ3n) is 5.01. The van der Waals surface area contributed by atoms with Crippen LogP contribution in [0.15, 0.2) is 54.6 Å². The zero-order valence-corrected chi connectivity index (χ0v) is 21.1. The molecule has 178 valence electrons. The van der Waals surface area contributed by atoms with Gasteiger partial charge in [-0.05, 0) is 61.7 Å². The van der Waals surface area contributed by atoms with Gasteiger partial charge in [0.1, 0.15) is 16.3 Å². The highest BCUT2D eigenvalue weighted by Crippen LogP contribution is 2.40. The van der Waals surface area contributed by atoms with E-state index >= 15 is 0 Å². The molecule has 34 heavy (non-hydrogen) atoms. The van der Waals surface area contributed by atoms with E-state index in [1.54, 1.807) is 25.1 Å². The fourth-order valence-electron chi connectivity index (χ4n) is 3.33. The molecule has 0 aliphatic heterocycles. The molecule has 0 radical (unpaired) electrons. The summed E-state index contributed by atoms with van der Waals surface area (Å²) in [4.78, 5) is 26.4. The third kappa shape index (κ3) is 6.72. The summed E-state index contributed by atoms with van der Waals surface area (Å²) in [5.74, 6) is -0.00890. The maximum atomic E-state index is 12.8. The normalized spacial score (nSPS) is 10.9. The Hall–Kier alpha value is -3.09. The quantitative estimate of drug-likeness (QED) is 0.180. The molecule has 0 spiro atoms. The second-order valence-electron chi connectivity index (χ2n) is 7.56. The summed E-state index contributed by atoms with van der Waals surface area (Å²) >= 11 is 7.37. The third-order valence-corrected chi connectivity index (χ3v) is 6.28. The summed E-state index contributed by atoms with van der Waals surface area (Å²) < 4.78 is 11.0. The number of rotatable bonds is 10. The lowest BCUT2D eigenvalue weighted by molar-refractivity contribution is -0.111. The number of benzene rings is 2. The Bertz CT molecular complexity index is 1150. The number of amides is 1. The molecule has 7 heteroatoms. The molecule has 0 atom stereocenters. The Labute approximate surface area is 209 Å². The highest BCUT2D eigenvalue weighted by Gasteiger charge is 2.25. The molecule has 1 N–H and O–H groups in total. The number of unbranched alkanes of at least 4 members (excludes halogenated alkanes) is 1. The van der Waals surface area contributed by atoms with Crippen LogP contribution in [-0.2, 0) is 9.53 Å². The van der Waals surface area contributed by atoms with Crippen LogP contribution in [0.3, 0.4) is 0 Å². The van der Waals surface area contributed by atoms with Gasteiger partial charge in [-0.25, -0.2) is 4.79 Å². The number of hydrogen-bond acceptors (Lipinski definition) is 5. The topological polar surface area (TPSA) is 64.6 Å². The Morgan fingerprint density at radius 2 is 1.76 bits per heavy atom. The summed E-state index contributed by atoms with van der Waals surface area (Å²) in [5.41, 5.74) is 2.78. The van der Waals surface area contributed by atoms with Gasteiger partial charge in [0.15, 0.2) is 0 Å². The van der Waals surface area contributed by atoms with Crippen LogP contribution < -0.4 is 10.1 Å². The van der Waals surface area contributed by atoms with Crippen molar-refractivity contribution in [3.8, 4) is 16.9 Å². The SMILES string of the molecule is CCCCOc1ccc(C=CC(=O)Nc2sc(C)c(-c3ccc(Cl)cc3)c2C(=O)OCC)cc1. The van der Waals surface area contributed by atoms with Crippen molar-refractivity contribution in [2.24, 2.45) is 0 Å². The first-order valence-corrected chi connectivity index (χ1v) is 12.4. The molecule has 1 aromatic heterocycles. The number of hydrogen-bond donors (Lipinski definition) is 1. The van der Waals surface area contributed by atoms with E-state index in [0.29, 0.717) is 22.2 Å². The number of aryl methyl sites for hydroxylation is 1. The fourth-order valence-corrected chi connectivity index (χ4v) is 4.52. The highest BCUT2D eigenvalue weighted by atomic mass is 35.5. The van der Waals surface area contributed by atoms with Crippen molar-refractivity contribution in [1.82, 2.24) is 0 Å². The zero-order chi connectivity index (χ0) is 24.5. The van der Waals surface area contributed by atoms with Gasteiger partial charge in [0, 0.05) is 21.5 Å². The first-order chi connectivity index (χ1) is 16.4. The molecule has 0 aliphatic rings. The van der Waals surface area contributed by atoms with Gasteiger partial charge in [0.25, 0.3) is 0 Å². The summed E-state index contributed by atoms with van der Waals surface area (Å²) in [5, 5.41) is 3.91. The number of carbonyl (C=O) groups excluding carboxylic acids is 2. The monoisotopic (exact) mass is 497 g/mol. The van der Waals surface area contributed by atoms with Crippen LogP contribution in [0.4, 0.5) is 5.00 Å². The minimum Gasteiger partial charge on any atom is -0.494 e. The number of thiophene rings is 1. The Kier molecular flexibility index (Phi) is 9.31. The van der Waals surface area contributed by atoms with E-state index in [9.17, 15) is 9.59 Å². The average Bonchev–Trinajstić information content (AvgIpc) is 3.15. The van der Waals surface area contributed by atoms with Gasteiger partial charge in [-0.15, -0.1) is 11.3 Å². The van der Waals surface area contributed by atoms with Crippen molar-refractivity contribution in [2.45, 2.75) is 33.6 Å². The van der Waals surface area contributed by atoms with Crippen molar-refractivity contribution >= 4 is 45.9 Å². The number of carbonyl (C=O) groups is 2. The minimum atomic E-state index is -0.477. The van der Waals surface area contributed by atoms with Crippen LogP contribution in [0, 0.1) is 6.92 Å². The number of anilines is 1. The molecule has 0 fully saturated rings. The van der Waals surface area contributed by atoms with Crippen molar-refractivity contribution in [2.75, 3.05) is 18.5 Å². The predicted molar refractivity (Wildman–Crippen MR) is 140 cm³/mol. The smallest absolute Gasteiger partial charge is 0.341 e. The lowest BCUT2D eigenvalue weighted by Gasteiger charge is -2.08. The lowest BCUT2D eigenvalue weighted by atomic mass is 10.0. The van der Waals surface area contributed by atoms with Crippen LogP contribution in [0.1, 0.15) is 47.5 Å². The fraction of sp³-hybridized carbons (Fsp3) is 0.259.